The first-order valence-electron chi connectivity index (χ1n) is 8.57. The van der Waals surface area contributed by atoms with Crippen molar-refractivity contribution >= 4 is 40.6 Å². The van der Waals surface area contributed by atoms with E-state index in [1.807, 2.05) is 44.2 Å². The highest BCUT2D eigenvalue weighted by Gasteiger charge is 2.07. The number of aryl methyl sites for hydroxylation is 1. The molecule has 1 heterocycles. The second kappa shape index (κ2) is 8.51. The molecule has 0 aliphatic carbocycles. The highest BCUT2D eigenvalue weighted by Crippen LogP contribution is 2.19. The summed E-state index contributed by atoms with van der Waals surface area (Å²) in [6.07, 6.45) is 0. The molecular formula is C20H20ClN5O. The maximum Gasteiger partial charge on any atom is 0.255 e. The molecular weight excluding hydrogens is 362 g/mol. The Morgan fingerprint density at radius 2 is 1.78 bits per heavy atom. The van der Waals surface area contributed by atoms with Gasteiger partial charge in [-0.3, -0.25) is 4.79 Å². The molecule has 0 saturated heterocycles. The maximum absolute atomic E-state index is 12.3. The molecule has 0 aliphatic heterocycles. The molecule has 2 aromatic carbocycles. The maximum atomic E-state index is 12.3. The molecule has 138 valence electrons. The van der Waals surface area contributed by atoms with Gasteiger partial charge in [0.2, 0.25) is 5.95 Å². The summed E-state index contributed by atoms with van der Waals surface area (Å²) in [5, 5.41) is 9.72. The van der Waals surface area contributed by atoms with Crippen molar-refractivity contribution in [1.29, 1.82) is 0 Å². The van der Waals surface area contributed by atoms with Crippen molar-refractivity contribution in [1.82, 2.24) is 9.97 Å². The number of amides is 1. The van der Waals surface area contributed by atoms with Gasteiger partial charge in [0.05, 0.1) is 0 Å². The lowest BCUT2D eigenvalue weighted by atomic mass is 10.2. The fourth-order valence-corrected chi connectivity index (χ4v) is 2.69. The average Bonchev–Trinajstić information content (AvgIpc) is 2.63. The number of nitrogens with zero attached hydrogens (tertiary/aromatic N) is 2. The molecule has 0 unspecified atom stereocenters. The van der Waals surface area contributed by atoms with Gasteiger partial charge in [-0.25, -0.2) is 4.98 Å². The number of halogens is 1. The minimum Gasteiger partial charge on any atom is -0.370 e. The summed E-state index contributed by atoms with van der Waals surface area (Å²) in [4.78, 5) is 21.1. The van der Waals surface area contributed by atoms with E-state index in [0.29, 0.717) is 22.2 Å². The predicted octanol–water partition coefficient (Wildman–Crippen LogP) is 4.87. The molecule has 0 saturated carbocycles. The van der Waals surface area contributed by atoms with E-state index in [-0.39, 0.29) is 5.91 Å². The van der Waals surface area contributed by atoms with Crippen molar-refractivity contribution in [2.24, 2.45) is 0 Å². The van der Waals surface area contributed by atoms with Crippen LogP contribution in [0.3, 0.4) is 0 Å². The fraction of sp³-hybridized carbons (Fsp3) is 0.150. The van der Waals surface area contributed by atoms with Gasteiger partial charge in [0.1, 0.15) is 5.82 Å². The van der Waals surface area contributed by atoms with Crippen LogP contribution >= 0.6 is 11.6 Å². The van der Waals surface area contributed by atoms with Crippen LogP contribution in [0.5, 0.6) is 0 Å². The van der Waals surface area contributed by atoms with Gasteiger partial charge >= 0.3 is 0 Å². The van der Waals surface area contributed by atoms with Gasteiger partial charge in [-0.2, -0.15) is 4.98 Å². The molecule has 27 heavy (non-hydrogen) atoms. The number of aromatic nitrogens is 2. The van der Waals surface area contributed by atoms with Crippen LogP contribution in [-0.2, 0) is 0 Å². The zero-order valence-electron chi connectivity index (χ0n) is 15.1. The Balaban J connectivity index is 1.68. The highest BCUT2D eigenvalue weighted by molar-refractivity contribution is 6.31. The molecule has 0 fully saturated rings. The number of nitrogens with one attached hydrogen (secondary N) is 3. The van der Waals surface area contributed by atoms with Gasteiger partial charge in [-0.05, 0) is 56.3 Å². The van der Waals surface area contributed by atoms with E-state index in [2.05, 4.69) is 25.9 Å². The molecule has 7 heteroatoms. The molecule has 0 spiro atoms. The number of carbonyl (C=O) groups is 1. The summed E-state index contributed by atoms with van der Waals surface area (Å²) in [6, 6.07) is 16.0. The van der Waals surface area contributed by atoms with Crippen LogP contribution in [0.2, 0.25) is 5.02 Å². The van der Waals surface area contributed by atoms with Crippen molar-refractivity contribution in [2.75, 3.05) is 22.5 Å². The number of rotatable bonds is 6. The summed E-state index contributed by atoms with van der Waals surface area (Å²) in [6.45, 7) is 4.72. The summed E-state index contributed by atoms with van der Waals surface area (Å²) in [7, 11) is 0. The summed E-state index contributed by atoms with van der Waals surface area (Å²) in [5.74, 6) is 1.08. The second-order valence-corrected chi connectivity index (χ2v) is 6.35. The minimum atomic E-state index is -0.212. The monoisotopic (exact) mass is 381 g/mol. The molecule has 1 aromatic heterocycles. The van der Waals surface area contributed by atoms with Gasteiger partial charge in [-0.1, -0.05) is 17.7 Å². The van der Waals surface area contributed by atoms with Crippen LogP contribution in [0.25, 0.3) is 0 Å². The molecule has 0 atom stereocenters. The zero-order chi connectivity index (χ0) is 19.2. The van der Waals surface area contributed by atoms with E-state index in [4.69, 9.17) is 11.6 Å². The van der Waals surface area contributed by atoms with Crippen LogP contribution < -0.4 is 16.0 Å². The second-order valence-electron chi connectivity index (χ2n) is 5.92. The lowest BCUT2D eigenvalue weighted by molar-refractivity contribution is 0.102. The third kappa shape index (κ3) is 5.18. The van der Waals surface area contributed by atoms with Crippen LogP contribution in [0, 0.1) is 6.92 Å². The lowest BCUT2D eigenvalue weighted by Gasteiger charge is -2.10. The number of hydrogen-bond donors (Lipinski definition) is 3. The topological polar surface area (TPSA) is 78.9 Å². The number of hydrogen-bond acceptors (Lipinski definition) is 5. The SMILES string of the molecule is CCNc1cc(C)nc(Nc2ccc(NC(=O)c3cccc(Cl)c3)cc2)n1. The molecule has 0 aliphatic rings. The minimum absolute atomic E-state index is 0.212. The lowest BCUT2D eigenvalue weighted by Crippen LogP contribution is -2.11. The molecule has 3 rings (SSSR count). The normalized spacial score (nSPS) is 10.3. The van der Waals surface area contributed by atoms with E-state index in [0.717, 1.165) is 23.7 Å². The molecule has 6 nitrogen and oxygen atoms in total. The number of benzene rings is 2. The standard InChI is InChI=1S/C20H20ClN5O/c1-3-22-18-11-13(2)23-20(26-18)25-17-9-7-16(8-10-17)24-19(27)14-5-4-6-15(21)12-14/h4-12H,3H2,1-2H3,(H,24,27)(H2,22,23,25,26). The largest absolute Gasteiger partial charge is 0.370 e. The smallest absolute Gasteiger partial charge is 0.255 e. The Morgan fingerprint density at radius 3 is 2.48 bits per heavy atom. The Hall–Kier alpha value is -3.12. The quantitative estimate of drug-likeness (QED) is 0.568. The van der Waals surface area contributed by atoms with E-state index in [1.54, 1.807) is 24.3 Å². The number of carbonyl (C=O) groups excluding carboxylic acids is 1. The first kappa shape index (κ1) is 18.7. The van der Waals surface area contributed by atoms with E-state index >= 15 is 0 Å². The van der Waals surface area contributed by atoms with Crippen LogP contribution in [0.15, 0.2) is 54.6 Å². The van der Waals surface area contributed by atoms with E-state index in [9.17, 15) is 4.79 Å². The van der Waals surface area contributed by atoms with Gasteiger partial charge < -0.3 is 16.0 Å². The van der Waals surface area contributed by atoms with Crippen LogP contribution in [0.4, 0.5) is 23.1 Å². The van der Waals surface area contributed by atoms with Crippen molar-refractivity contribution in [3.05, 3.63) is 70.9 Å². The first-order valence-corrected chi connectivity index (χ1v) is 8.95. The predicted molar refractivity (Wildman–Crippen MR) is 110 cm³/mol. The van der Waals surface area contributed by atoms with Gasteiger partial charge in [0.25, 0.3) is 5.91 Å². The van der Waals surface area contributed by atoms with E-state index < -0.39 is 0 Å². The first-order chi connectivity index (χ1) is 13.0. The Kier molecular flexibility index (Phi) is 5.88. The Bertz CT molecular complexity index is 943. The Morgan fingerprint density at radius 1 is 1.04 bits per heavy atom. The highest BCUT2D eigenvalue weighted by atomic mass is 35.5. The third-order valence-electron chi connectivity index (χ3n) is 3.70. The van der Waals surface area contributed by atoms with Crippen LogP contribution in [-0.4, -0.2) is 22.4 Å². The van der Waals surface area contributed by atoms with Gasteiger partial charge in [-0.15, -0.1) is 0 Å². The molecule has 3 aromatic rings. The third-order valence-corrected chi connectivity index (χ3v) is 3.93. The van der Waals surface area contributed by atoms with Crippen LogP contribution in [0.1, 0.15) is 23.0 Å². The van der Waals surface area contributed by atoms with Crippen molar-refractivity contribution in [2.45, 2.75) is 13.8 Å². The Labute approximate surface area is 163 Å². The molecule has 1 amide bonds. The average molecular weight is 382 g/mol. The van der Waals surface area contributed by atoms with Gasteiger partial charge in [0, 0.05) is 40.3 Å². The number of anilines is 4. The van der Waals surface area contributed by atoms with E-state index in [1.165, 1.54) is 0 Å². The van der Waals surface area contributed by atoms with Gasteiger partial charge in [0.15, 0.2) is 0 Å². The van der Waals surface area contributed by atoms with Crippen molar-refractivity contribution in [3.8, 4) is 0 Å². The molecule has 3 N–H and O–H groups in total. The zero-order valence-corrected chi connectivity index (χ0v) is 15.8. The summed E-state index contributed by atoms with van der Waals surface area (Å²) in [5.41, 5.74) is 2.88. The fourth-order valence-electron chi connectivity index (χ4n) is 2.50. The summed E-state index contributed by atoms with van der Waals surface area (Å²) < 4.78 is 0. The molecule has 0 radical (unpaired) electrons. The van der Waals surface area contributed by atoms with Crippen molar-refractivity contribution in [3.63, 3.8) is 0 Å². The van der Waals surface area contributed by atoms with Crippen molar-refractivity contribution < 1.29 is 4.79 Å². The molecule has 0 bridgehead atoms. The summed E-state index contributed by atoms with van der Waals surface area (Å²) >= 11 is 5.93.